The summed E-state index contributed by atoms with van der Waals surface area (Å²) >= 11 is 0. The number of nitrogens with one attached hydrogen (secondary N) is 1. The van der Waals surface area contributed by atoms with Gasteiger partial charge in [-0.3, -0.25) is 4.98 Å². The summed E-state index contributed by atoms with van der Waals surface area (Å²) in [4.78, 5) is 5.12. The number of aromatic nitrogens is 1. The Kier molecular flexibility index (Phi) is 4.74. The number of nitrogens with zero attached hydrogens (tertiary/aromatic N) is 2. The Labute approximate surface area is 98.6 Å². The Hall–Kier alpha value is -1.30. The average Bonchev–Trinajstić information content (AvgIpc) is 2.24. The molecule has 0 radical (unpaired) electrons. The zero-order valence-corrected chi connectivity index (χ0v) is 9.88. The van der Waals surface area contributed by atoms with E-state index in [2.05, 4.69) is 10.3 Å². The fourth-order valence-electron chi connectivity index (χ4n) is 1.54. The average molecular weight is 247 g/mol. The number of pyridine rings is 1. The number of hydrogen-bond acceptors (Lipinski definition) is 3. The topological polar surface area (TPSA) is 28.2 Å². The van der Waals surface area contributed by atoms with E-state index >= 15 is 0 Å². The molecule has 1 heterocycles. The lowest BCUT2D eigenvalue weighted by atomic mass is 10.2. The maximum absolute atomic E-state index is 12.3. The van der Waals surface area contributed by atoms with Gasteiger partial charge in [-0.15, -0.1) is 0 Å². The molecule has 0 bridgehead atoms. The molecule has 1 aromatic rings. The van der Waals surface area contributed by atoms with Crippen molar-refractivity contribution in [2.45, 2.75) is 19.6 Å². The number of anilines is 1. The zero-order chi connectivity index (χ0) is 12.9. The van der Waals surface area contributed by atoms with Crippen LogP contribution >= 0.6 is 0 Å². The molecule has 0 atom stereocenters. The van der Waals surface area contributed by atoms with Crippen molar-refractivity contribution in [3.05, 3.63) is 24.0 Å². The Morgan fingerprint density at radius 1 is 1.41 bits per heavy atom. The Morgan fingerprint density at radius 2 is 2.12 bits per heavy atom. The fraction of sp³-hybridized carbons (Fsp3) is 0.545. The second-order valence-electron chi connectivity index (χ2n) is 3.76. The van der Waals surface area contributed by atoms with E-state index in [1.807, 2.05) is 6.92 Å². The molecule has 1 N–H and O–H groups in total. The molecule has 0 aromatic carbocycles. The van der Waals surface area contributed by atoms with Crippen LogP contribution in [0.15, 0.2) is 18.5 Å². The highest BCUT2D eigenvalue weighted by molar-refractivity contribution is 5.51. The quantitative estimate of drug-likeness (QED) is 0.864. The molecule has 0 saturated heterocycles. The Morgan fingerprint density at radius 3 is 2.71 bits per heavy atom. The van der Waals surface area contributed by atoms with Crippen LogP contribution in [-0.4, -0.2) is 31.3 Å². The fourth-order valence-corrected chi connectivity index (χ4v) is 1.54. The highest BCUT2D eigenvalue weighted by atomic mass is 19.4. The summed E-state index contributed by atoms with van der Waals surface area (Å²) in [5, 5.41) is 3.07. The van der Waals surface area contributed by atoms with Crippen molar-refractivity contribution < 1.29 is 13.2 Å². The molecule has 1 rings (SSSR count). The highest BCUT2D eigenvalue weighted by Crippen LogP contribution is 2.23. The lowest BCUT2D eigenvalue weighted by molar-refractivity contribution is -0.119. The van der Waals surface area contributed by atoms with E-state index in [-0.39, 0.29) is 0 Å². The first kappa shape index (κ1) is 13.8. The van der Waals surface area contributed by atoms with E-state index in [1.165, 1.54) is 18.1 Å². The Balaban J connectivity index is 2.81. The standard InChI is InChI=1S/C11H16F3N3/c1-3-15-6-9-7-16-5-4-10(9)17(2)8-11(12,13)14/h4-5,7,15H,3,6,8H2,1-2H3. The second kappa shape index (κ2) is 5.86. The predicted molar refractivity (Wildman–Crippen MR) is 60.9 cm³/mol. The van der Waals surface area contributed by atoms with Crippen LogP contribution in [0.25, 0.3) is 0 Å². The van der Waals surface area contributed by atoms with E-state index in [0.717, 1.165) is 12.1 Å². The maximum Gasteiger partial charge on any atom is 0.405 e. The molecule has 0 aliphatic rings. The summed E-state index contributed by atoms with van der Waals surface area (Å²) in [5.41, 5.74) is 1.32. The van der Waals surface area contributed by atoms with Gasteiger partial charge >= 0.3 is 6.18 Å². The molecule has 17 heavy (non-hydrogen) atoms. The predicted octanol–water partition coefficient (Wildman–Crippen LogP) is 2.19. The van der Waals surface area contributed by atoms with Crippen molar-refractivity contribution >= 4 is 5.69 Å². The van der Waals surface area contributed by atoms with Gasteiger partial charge in [0, 0.05) is 37.2 Å². The van der Waals surface area contributed by atoms with Crippen LogP contribution in [0, 0.1) is 0 Å². The first-order valence-corrected chi connectivity index (χ1v) is 5.35. The molecule has 0 saturated carbocycles. The van der Waals surface area contributed by atoms with Crippen molar-refractivity contribution in [1.82, 2.24) is 10.3 Å². The third kappa shape index (κ3) is 4.60. The third-order valence-corrected chi connectivity index (χ3v) is 2.27. The number of rotatable bonds is 5. The van der Waals surface area contributed by atoms with Crippen LogP contribution in [-0.2, 0) is 6.54 Å². The zero-order valence-electron chi connectivity index (χ0n) is 9.88. The summed E-state index contributed by atoms with van der Waals surface area (Å²) in [6.45, 7) is 2.25. The third-order valence-electron chi connectivity index (χ3n) is 2.27. The molecule has 0 aliphatic carbocycles. The molecule has 6 heteroatoms. The van der Waals surface area contributed by atoms with Gasteiger partial charge in [-0.05, 0) is 12.6 Å². The van der Waals surface area contributed by atoms with E-state index in [0.29, 0.717) is 12.2 Å². The molecule has 96 valence electrons. The second-order valence-corrected chi connectivity index (χ2v) is 3.76. The SMILES string of the molecule is CCNCc1cnccc1N(C)CC(F)(F)F. The number of hydrogen-bond donors (Lipinski definition) is 1. The summed E-state index contributed by atoms with van der Waals surface area (Å²) in [6.07, 6.45) is -1.12. The van der Waals surface area contributed by atoms with Crippen molar-refractivity contribution in [2.24, 2.45) is 0 Å². The van der Waals surface area contributed by atoms with E-state index < -0.39 is 12.7 Å². The van der Waals surface area contributed by atoms with Gasteiger partial charge in [0.05, 0.1) is 0 Å². The molecule has 0 spiro atoms. The first-order chi connectivity index (χ1) is 7.94. The molecule has 1 aromatic heterocycles. The van der Waals surface area contributed by atoms with Gasteiger partial charge in [-0.25, -0.2) is 0 Å². The molecule has 0 unspecified atom stereocenters. The normalized spacial score (nSPS) is 11.6. The minimum Gasteiger partial charge on any atom is -0.365 e. The van der Waals surface area contributed by atoms with Gasteiger partial charge < -0.3 is 10.2 Å². The van der Waals surface area contributed by atoms with Crippen molar-refractivity contribution in [1.29, 1.82) is 0 Å². The smallest absolute Gasteiger partial charge is 0.365 e. The largest absolute Gasteiger partial charge is 0.405 e. The van der Waals surface area contributed by atoms with Crippen LogP contribution < -0.4 is 10.2 Å². The van der Waals surface area contributed by atoms with Crippen molar-refractivity contribution in [2.75, 3.05) is 25.0 Å². The summed E-state index contributed by atoms with van der Waals surface area (Å²) in [5.74, 6) is 0. The number of alkyl halides is 3. The lowest BCUT2D eigenvalue weighted by Gasteiger charge is -2.23. The van der Waals surface area contributed by atoms with Crippen LogP contribution in [0.2, 0.25) is 0 Å². The molecule has 0 amide bonds. The van der Waals surface area contributed by atoms with Gasteiger partial charge in [-0.2, -0.15) is 13.2 Å². The van der Waals surface area contributed by atoms with Gasteiger partial charge in [-0.1, -0.05) is 6.92 Å². The summed E-state index contributed by atoms with van der Waals surface area (Å²) < 4.78 is 36.9. The summed E-state index contributed by atoms with van der Waals surface area (Å²) in [6, 6.07) is 1.60. The molecule has 0 fully saturated rings. The van der Waals surface area contributed by atoms with Crippen LogP contribution in [0.5, 0.6) is 0 Å². The molecule has 0 aliphatic heterocycles. The van der Waals surface area contributed by atoms with Crippen molar-refractivity contribution in [3.8, 4) is 0 Å². The van der Waals surface area contributed by atoms with Crippen molar-refractivity contribution in [3.63, 3.8) is 0 Å². The molecular weight excluding hydrogens is 231 g/mol. The van der Waals surface area contributed by atoms with E-state index in [1.54, 1.807) is 12.3 Å². The number of halogens is 3. The van der Waals surface area contributed by atoms with E-state index in [9.17, 15) is 13.2 Å². The molecule has 3 nitrogen and oxygen atoms in total. The summed E-state index contributed by atoms with van der Waals surface area (Å²) in [7, 11) is 1.43. The minimum atomic E-state index is -4.20. The highest BCUT2D eigenvalue weighted by Gasteiger charge is 2.29. The first-order valence-electron chi connectivity index (χ1n) is 5.35. The van der Waals surface area contributed by atoms with Crippen LogP contribution in [0.1, 0.15) is 12.5 Å². The van der Waals surface area contributed by atoms with Gasteiger partial charge in [0.25, 0.3) is 0 Å². The monoisotopic (exact) mass is 247 g/mol. The van der Waals surface area contributed by atoms with Crippen LogP contribution in [0.3, 0.4) is 0 Å². The maximum atomic E-state index is 12.3. The van der Waals surface area contributed by atoms with Gasteiger partial charge in [0.15, 0.2) is 0 Å². The minimum absolute atomic E-state index is 0.516. The van der Waals surface area contributed by atoms with Crippen LogP contribution in [0.4, 0.5) is 18.9 Å². The van der Waals surface area contributed by atoms with E-state index in [4.69, 9.17) is 0 Å². The molecular formula is C11H16F3N3. The van der Waals surface area contributed by atoms with Gasteiger partial charge in [0.1, 0.15) is 6.54 Å². The lowest BCUT2D eigenvalue weighted by Crippen LogP contribution is -2.32. The van der Waals surface area contributed by atoms with Gasteiger partial charge in [0.2, 0.25) is 0 Å². The Bertz CT molecular complexity index is 352.